The van der Waals surface area contributed by atoms with Gasteiger partial charge in [-0.15, -0.1) is 0 Å². The van der Waals surface area contributed by atoms with Crippen molar-refractivity contribution in [3.8, 4) is 0 Å². The van der Waals surface area contributed by atoms with Gasteiger partial charge in [0.25, 0.3) is 0 Å². The molecule has 0 aromatic carbocycles. The molecule has 1 saturated heterocycles. The Hall–Kier alpha value is -1.13. The standard InChI is InChI=1S/C16H27N3O/c1-5-9-17-11-14-6-7-16(18-12(14)2)19(4)15-8-10-20-13(15)3/h6-7,13,15,17H,5,8-11H2,1-4H3. The molecule has 1 aromatic heterocycles. The largest absolute Gasteiger partial charge is 0.376 e. The third-order valence-corrected chi connectivity index (χ3v) is 4.12. The van der Waals surface area contributed by atoms with E-state index >= 15 is 0 Å². The molecule has 0 aliphatic carbocycles. The van der Waals surface area contributed by atoms with E-state index in [9.17, 15) is 0 Å². The number of hydrogen-bond donors (Lipinski definition) is 1. The lowest BCUT2D eigenvalue weighted by molar-refractivity contribution is 0.118. The van der Waals surface area contributed by atoms with E-state index < -0.39 is 0 Å². The normalized spacial score (nSPS) is 22.2. The van der Waals surface area contributed by atoms with E-state index in [1.807, 2.05) is 0 Å². The Kier molecular flexibility index (Phi) is 5.38. The van der Waals surface area contributed by atoms with E-state index in [0.29, 0.717) is 6.04 Å². The second-order valence-corrected chi connectivity index (χ2v) is 5.63. The summed E-state index contributed by atoms with van der Waals surface area (Å²) in [7, 11) is 2.12. The summed E-state index contributed by atoms with van der Waals surface area (Å²) in [5.41, 5.74) is 2.40. The van der Waals surface area contributed by atoms with Gasteiger partial charge in [0.15, 0.2) is 0 Å². The molecule has 0 spiro atoms. The van der Waals surface area contributed by atoms with Crippen molar-refractivity contribution in [1.82, 2.24) is 10.3 Å². The monoisotopic (exact) mass is 277 g/mol. The number of nitrogens with one attached hydrogen (secondary N) is 1. The van der Waals surface area contributed by atoms with Gasteiger partial charge in [-0.2, -0.15) is 0 Å². The minimum atomic E-state index is 0.285. The van der Waals surface area contributed by atoms with Crippen LogP contribution in [0.5, 0.6) is 0 Å². The molecule has 4 heteroatoms. The molecule has 2 atom stereocenters. The zero-order valence-electron chi connectivity index (χ0n) is 13.1. The number of ether oxygens (including phenoxy) is 1. The second kappa shape index (κ2) is 7.04. The van der Waals surface area contributed by atoms with Gasteiger partial charge in [-0.25, -0.2) is 4.98 Å². The van der Waals surface area contributed by atoms with Crippen molar-refractivity contribution in [2.75, 3.05) is 25.1 Å². The Morgan fingerprint density at radius 2 is 2.25 bits per heavy atom. The first kappa shape index (κ1) is 15.3. The van der Waals surface area contributed by atoms with Crippen LogP contribution in [0.3, 0.4) is 0 Å². The van der Waals surface area contributed by atoms with Gasteiger partial charge < -0.3 is 15.0 Å². The molecule has 0 amide bonds. The van der Waals surface area contributed by atoms with Crippen molar-refractivity contribution in [3.05, 3.63) is 23.4 Å². The molecule has 0 radical (unpaired) electrons. The summed E-state index contributed by atoms with van der Waals surface area (Å²) in [5.74, 6) is 1.05. The molecule has 4 nitrogen and oxygen atoms in total. The van der Waals surface area contributed by atoms with Gasteiger partial charge in [0.1, 0.15) is 5.82 Å². The van der Waals surface area contributed by atoms with Crippen LogP contribution in [0.25, 0.3) is 0 Å². The van der Waals surface area contributed by atoms with Gasteiger partial charge in [-0.1, -0.05) is 13.0 Å². The summed E-state index contributed by atoms with van der Waals surface area (Å²) in [5, 5.41) is 3.43. The number of rotatable bonds is 6. The maximum atomic E-state index is 5.65. The molecule has 1 fully saturated rings. The van der Waals surface area contributed by atoms with E-state index in [4.69, 9.17) is 9.72 Å². The molecule has 20 heavy (non-hydrogen) atoms. The fraction of sp³-hybridized carbons (Fsp3) is 0.688. The topological polar surface area (TPSA) is 37.4 Å². The van der Waals surface area contributed by atoms with Crippen LogP contribution < -0.4 is 10.2 Å². The summed E-state index contributed by atoms with van der Waals surface area (Å²) in [6.45, 7) is 9.23. The molecule has 112 valence electrons. The molecule has 1 aliphatic rings. The highest BCUT2D eigenvalue weighted by Gasteiger charge is 2.28. The van der Waals surface area contributed by atoms with Gasteiger partial charge in [-0.3, -0.25) is 0 Å². The van der Waals surface area contributed by atoms with Crippen LogP contribution >= 0.6 is 0 Å². The molecular formula is C16H27N3O. The maximum Gasteiger partial charge on any atom is 0.128 e. The van der Waals surface area contributed by atoms with E-state index in [2.05, 4.69) is 50.2 Å². The number of pyridine rings is 1. The van der Waals surface area contributed by atoms with E-state index in [1.165, 1.54) is 5.56 Å². The van der Waals surface area contributed by atoms with E-state index in [0.717, 1.165) is 44.0 Å². The SMILES string of the molecule is CCCNCc1ccc(N(C)C2CCOC2C)nc1C. The van der Waals surface area contributed by atoms with Crippen LogP contribution in [0.1, 0.15) is 37.9 Å². The van der Waals surface area contributed by atoms with E-state index in [-0.39, 0.29) is 6.10 Å². The summed E-state index contributed by atoms with van der Waals surface area (Å²) in [6, 6.07) is 4.75. The predicted octanol–water partition coefficient (Wildman–Crippen LogP) is 2.50. The summed E-state index contributed by atoms with van der Waals surface area (Å²) in [6.07, 6.45) is 2.53. The Bertz CT molecular complexity index is 436. The Labute approximate surface area is 122 Å². The zero-order chi connectivity index (χ0) is 14.5. The lowest BCUT2D eigenvalue weighted by atomic mass is 10.1. The Balaban J connectivity index is 2.04. The highest BCUT2D eigenvalue weighted by Crippen LogP contribution is 2.23. The number of aryl methyl sites for hydroxylation is 1. The minimum absolute atomic E-state index is 0.285. The first-order valence-electron chi connectivity index (χ1n) is 7.65. The highest BCUT2D eigenvalue weighted by molar-refractivity contribution is 5.42. The van der Waals surface area contributed by atoms with Crippen molar-refractivity contribution >= 4 is 5.82 Å². The summed E-state index contributed by atoms with van der Waals surface area (Å²) in [4.78, 5) is 7.02. The van der Waals surface area contributed by atoms with Crippen molar-refractivity contribution in [2.45, 2.75) is 52.3 Å². The van der Waals surface area contributed by atoms with Crippen molar-refractivity contribution in [1.29, 1.82) is 0 Å². The van der Waals surface area contributed by atoms with Gasteiger partial charge >= 0.3 is 0 Å². The molecule has 1 N–H and O–H groups in total. The number of nitrogens with zero attached hydrogens (tertiary/aromatic N) is 2. The lowest BCUT2D eigenvalue weighted by Crippen LogP contribution is -2.37. The lowest BCUT2D eigenvalue weighted by Gasteiger charge is -2.28. The molecule has 2 unspecified atom stereocenters. The predicted molar refractivity (Wildman–Crippen MR) is 83.2 cm³/mol. The van der Waals surface area contributed by atoms with Crippen LogP contribution in [0, 0.1) is 6.92 Å². The fourth-order valence-corrected chi connectivity index (χ4v) is 2.76. The summed E-state index contributed by atoms with van der Waals surface area (Å²) >= 11 is 0. The quantitative estimate of drug-likeness (QED) is 0.811. The number of anilines is 1. The van der Waals surface area contributed by atoms with Gasteiger partial charge in [0.2, 0.25) is 0 Å². The van der Waals surface area contributed by atoms with Crippen LogP contribution in [-0.4, -0.2) is 37.3 Å². The third-order valence-electron chi connectivity index (χ3n) is 4.12. The second-order valence-electron chi connectivity index (χ2n) is 5.63. The van der Waals surface area contributed by atoms with E-state index in [1.54, 1.807) is 0 Å². The molecular weight excluding hydrogens is 250 g/mol. The summed E-state index contributed by atoms with van der Waals surface area (Å²) < 4.78 is 5.65. The van der Waals surface area contributed by atoms with Crippen LogP contribution in [0.15, 0.2) is 12.1 Å². The Morgan fingerprint density at radius 1 is 1.45 bits per heavy atom. The smallest absolute Gasteiger partial charge is 0.128 e. The number of aromatic nitrogens is 1. The maximum absolute atomic E-state index is 5.65. The average Bonchev–Trinajstić information content (AvgIpc) is 2.86. The van der Waals surface area contributed by atoms with Gasteiger partial charge in [0, 0.05) is 25.9 Å². The molecule has 2 heterocycles. The fourth-order valence-electron chi connectivity index (χ4n) is 2.76. The van der Waals surface area contributed by atoms with Crippen LogP contribution in [0.4, 0.5) is 5.82 Å². The minimum Gasteiger partial charge on any atom is -0.376 e. The van der Waals surface area contributed by atoms with Crippen LogP contribution in [0.2, 0.25) is 0 Å². The van der Waals surface area contributed by atoms with Crippen molar-refractivity contribution in [2.24, 2.45) is 0 Å². The van der Waals surface area contributed by atoms with Crippen LogP contribution in [-0.2, 0) is 11.3 Å². The molecule has 0 saturated carbocycles. The zero-order valence-corrected chi connectivity index (χ0v) is 13.1. The number of hydrogen-bond acceptors (Lipinski definition) is 4. The first-order valence-corrected chi connectivity index (χ1v) is 7.65. The highest BCUT2D eigenvalue weighted by atomic mass is 16.5. The van der Waals surface area contributed by atoms with Crippen molar-refractivity contribution in [3.63, 3.8) is 0 Å². The molecule has 0 bridgehead atoms. The third kappa shape index (κ3) is 3.49. The van der Waals surface area contributed by atoms with Gasteiger partial charge in [0.05, 0.1) is 12.1 Å². The molecule has 1 aromatic rings. The van der Waals surface area contributed by atoms with Crippen molar-refractivity contribution < 1.29 is 4.74 Å². The number of likely N-dealkylation sites (N-methyl/N-ethyl adjacent to an activating group) is 1. The molecule has 1 aliphatic heterocycles. The first-order chi connectivity index (χ1) is 9.63. The Morgan fingerprint density at radius 3 is 2.85 bits per heavy atom. The average molecular weight is 277 g/mol. The molecule has 2 rings (SSSR count). The van der Waals surface area contributed by atoms with Gasteiger partial charge in [-0.05, 0) is 44.9 Å².